The molecule has 0 atom stereocenters. The van der Waals surface area contributed by atoms with Gasteiger partial charge in [-0.25, -0.2) is 8.78 Å². The van der Waals surface area contributed by atoms with Crippen LogP contribution in [0.2, 0.25) is 5.02 Å². The molecule has 1 aliphatic heterocycles. The summed E-state index contributed by atoms with van der Waals surface area (Å²) in [5.74, 6) is -1.59. The molecule has 2 aromatic rings. The summed E-state index contributed by atoms with van der Waals surface area (Å²) in [6.45, 7) is 1.83. The summed E-state index contributed by atoms with van der Waals surface area (Å²) in [7, 11) is 0. The first-order valence-electron chi connectivity index (χ1n) is 9.91. The molecule has 3 rings (SSSR count). The molecule has 0 aliphatic carbocycles. The number of carbonyl (C=O) groups excluding carboxylic acids is 3. The zero-order chi connectivity index (χ0) is 22.4. The molecule has 0 radical (unpaired) electrons. The van der Waals surface area contributed by atoms with Gasteiger partial charge in [-0.1, -0.05) is 11.6 Å². The van der Waals surface area contributed by atoms with E-state index in [1.165, 1.54) is 36.4 Å². The molecular weight excluding hydrogens is 428 g/mol. The van der Waals surface area contributed by atoms with Crippen molar-refractivity contribution < 1.29 is 23.2 Å². The van der Waals surface area contributed by atoms with Crippen LogP contribution in [0.1, 0.15) is 33.6 Å². The van der Waals surface area contributed by atoms with Crippen LogP contribution < -0.4 is 5.32 Å². The van der Waals surface area contributed by atoms with Crippen molar-refractivity contribution in [3.8, 4) is 0 Å². The van der Waals surface area contributed by atoms with E-state index >= 15 is 0 Å². The number of piperazine rings is 1. The van der Waals surface area contributed by atoms with Crippen molar-refractivity contribution in [2.45, 2.75) is 12.8 Å². The molecule has 1 aliphatic rings. The van der Waals surface area contributed by atoms with Crippen molar-refractivity contribution in [1.82, 2.24) is 15.1 Å². The Morgan fingerprint density at radius 1 is 0.903 bits per heavy atom. The zero-order valence-corrected chi connectivity index (χ0v) is 17.5. The summed E-state index contributed by atoms with van der Waals surface area (Å²) in [6.07, 6.45) is 0.734. The standard InChI is InChI=1S/C22H22ClF2N3O3/c23-19-14-17(25)7-8-18(19)22(31)28-12-10-27(11-13-28)20(29)2-1-9-26-21(30)15-3-5-16(24)6-4-15/h3-8,14H,1-2,9-13H2,(H,26,30). The van der Waals surface area contributed by atoms with E-state index in [0.717, 1.165) is 6.07 Å². The summed E-state index contributed by atoms with van der Waals surface area (Å²) >= 11 is 5.96. The third kappa shape index (κ3) is 6.01. The van der Waals surface area contributed by atoms with E-state index < -0.39 is 11.6 Å². The molecule has 1 heterocycles. The fourth-order valence-electron chi connectivity index (χ4n) is 3.30. The van der Waals surface area contributed by atoms with Crippen LogP contribution in [0.25, 0.3) is 0 Å². The maximum atomic E-state index is 13.2. The molecule has 1 N–H and O–H groups in total. The fraction of sp³-hybridized carbons (Fsp3) is 0.318. The topological polar surface area (TPSA) is 69.7 Å². The molecule has 9 heteroatoms. The molecule has 2 aromatic carbocycles. The van der Waals surface area contributed by atoms with Crippen LogP contribution in [-0.4, -0.2) is 60.2 Å². The second-order valence-electron chi connectivity index (χ2n) is 7.16. The molecule has 164 valence electrons. The number of carbonyl (C=O) groups is 3. The summed E-state index contributed by atoms with van der Waals surface area (Å²) in [5, 5.41) is 2.76. The molecule has 1 fully saturated rings. The van der Waals surface area contributed by atoms with E-state index in [-0.39, 0.29) is 34.7 Å². The van der Waals surface area contributed by atoms with E-state index in [0.29, 0.717) is 44.7 Å². The molecule has 6 nitrogen and oxygen atoms in total. The Morgan fingerprint density at radius 2 is 1.52 bits per heavy atom. The van der Waals surface area contributed by atoms with Crippen molar-refractivity contribution >= 4 is 29.3 Å². The van der Waals surface area contributed by atoms with Crippen LogP contribution in [0.4, 0.5) is 8.78 Å². The van der Waals surface area contributed by atoms with Crippen LogP contribution in [0.5, 0.6) is 0 Å². The van der Waals surface area contributed by atoms with Gasteiger partial charge in [0.25, 0.3) is 11.8 Å². The minimum atomic E-state index is -0.508. The number of nitrogens with zero attached hydrogens (tertiary/aromatic N) is 2. The van der Waals surface area contributed by atoms with Gasteiger partial charge in [0.2, 0.25) is 5.91 Å². The maximum absolute atomic E-state index is 13.2. The number of hydrogen-bond acceptors (Lipinski definition) is 3. The Bertz CT molecular complexity index is 961. The zero-order valence-electron chi connectivity index (χ0n) is 16.7. The number of nitrogens with one attached hydrogen (secondary N) is 1. The predicted molar refractivity (Wildman–Crippen MR) is 112 cm³/mol. The molecule has 0 saturated carbocycles. The summed E-state index contributed by atoms with van der Waals surface area (Å²) in [5.41, 5.74) is 0.592. The first kappa shape index (κ1) is 22.7. The summed E-state index contributed by atoms with van der Waals surface area (Å²) < 4.78 is 26.1. The van der Waals surface area contributed by atoms with Gasteiger partial charge in [-0.15, -0.1) is 0 Å². The highest BCUT2D eigenvalue weighted by atomic mass is 35.5. The minimum absolute atomic E-state index is 0.0528. The normalized spacial score (nSPS) is 13.8. The maximum Gasteiger partial charge on any atom is 0.255 e. The smallest absolute Gasteiger partial charge is 0.255 e. The lowest BCUT2D eigenvalue weighted by molar-refractivity contribution is -0.132. The highest BCUT2D eigenvalue weighted by Crippen LogP contribution is 2.20. The molecule has 0 unspecified atom stereocenters. The first-order chi connectivity index (χ1) is 14.8. The molecule has 31 heavy (non-hydrogen) atoms. The Labute approximate surface area is 183 Å². The first-order valence-corrected chi connectivity index (χ1v) is 10.3. The van der Waals surface area contributed by atoms with Crippen LogP contribution in [0, 0.1) is 11.6 Å². The molecular formula is C22H22ClF2N3O3. The van der Waals surface area contributed by atoms with Crippen LogP contribution in [0.15, 0.2) is 42.5 Å². The average Bonchev–Trinajstić information content (AvgIpc) is 2.76. The molecule has 0 aromatic heterocycles. The highest BCUT2D eigenvalue weighted by molar-refractivity contribution is 6.33. The van der Waals surface area contributed by atoms with Crippen LogP contribution in [0.3, 0.4) is 0 Å². The third-order valence-corrected chi connectivity index (χ3v) is 5.35. The van der Waals surface area contributed by atoms with Gasteiger partial charge in [0.05, 0.1) is 10.6 Å². The van der Waals surface area contributed by atoms with E-state index in [9.17, 15) is 23.2 Å². The highest BCUT2D eigenvalue weighted by Gasteiger charge is 2.25. The van der Waals surface area contributed by atoms with Crippen molar-refractivity contribution in [1.29, 1.82) is 0 Å². The minimum Gasteiger partial charge on any atom is -0.352 e. The monoisotopic (exact) mass is 449 g/mol. The second-order valence-corrected chi connectivity index (χ2v) is 7.57. The van der Waals surface area contributed by atoms with Crippen LogP contribution in [-0.2, 0) is 4.79 Å². The van der Waals surface area contributed by atoms with Gasteiger partial charge in [0.1, 0.15) is 11.6 Å². The van der Waals surface area contributed by atoms with E-state index in [4.69, 9.17) is 11.6 Å². The molecule has 0 spiro atoms. The Hall–Kier alpha value is -3.00. The van der Waals surface area contributed by atoms with Gasteiger partial charge in [-0.05, 0) is 48.9 Å². The molecule has 3 amide bonds. The van der Waals surface area contributed by atoms with Gasteiger partial charge in [-0.2, -0.15) is 0 Å². The van der Waals surface area contributed by atoms with Crippen molar-refractivity contribution in [2.24, 2.45) is 0 Å². The van der Waals surface area contributed by atoms with E-state index in [1.54, 1.807) is 9.80 Å². The van der Waals surface area contributed by atoms with E-state index in [1.807, 2.05) is 0 Å². The number of hydrogen-bond donors (Lipinski definition) is 1. The van der Waals surface area contributed by atoms with Crippen LogP contribution >= 0.6 is 11.6 Å². The van der Waals surface area contributed by atoms with Gasteiger partial charge >= 0.3 is 0 Å². The third-order valence-electron chi connectivity index (χ3n) is 5.04. The largest absolute Gasteiger partial charge is 0.352 e. The fourth-order valence-corrected chi connectivity index (χ4v) is 3.54. The van der Waals surface area contributed by atoms with Crippen molar-refractivity contribution in [2.75, 3.05) is 32.7 Å². The predicted octanol–water partition coefficient (Wildman–Crippen LogP) is 3.11. The van der Waals surface area contributed by atoms with Gasteiger partial charge in [0.15, 0.2) is 0 Å². The quantitative estimate of drug-likeness (QED) is 0.689. The number of rotatable bonds is 6. The van der Waals surface area contributed by atoms with Gasteiger partial charge in [0, 0.05) is 44.7 Å². The summed E-state index contributed by atoms with van der Waals surface area (Å²) in [4.78, 5) is 40.2. The lowest BCUT2D eigenvalue weighted by atomic mass is 10.1. The summed E-state index contributed by atoms with van der Waals surface area (Å²) in [6, 6.07) is 8.88. The lowest BCUT2D eigenvalue weighted by Gasteiger charge is -2.35. The van der Waals surface area contributed by atoms with Gasteiger partial charge in [-0.3, -0.25) is 14.4 Å². The number of benzene rings is 2. The molecule has 1 saturated heterocycles. The Balaban J connectivity index is 1.39. The Morgan fingerprint density at radius 3 is 2.16 bits per heavy atom. The van der Waals surface area contributed by atoms with E-state index in [2.05, 4.69) is 5.32 Å². The average molecular weight is 450 g/mol. The van der Waals surface area contributed by atoms with Gasteiger partial charge < -0.3 is 15.1 Å². The SMILES string of the molecule is O=C(NCCCC(=O)N1CCN(C(=O)c2ccc(F)cc2Cl)CC1)c1ccc(F)cc1. The molecule has 0 bridgehead atoms. The number of amides is 3. The second kappa shape index (κ2) is 10.3. The Kier molecular flexibility index (Phi) is 7.57. The number of halogens is 3. The van der Waals surface area contributed by atoms with Crippen molar-refractivity contribution in [3.05, 3.63) is 70.2 Å². The lowest BCUT2D eigenvalue weighted by Crippen LogP contribution is -2.50. The van der Waals surface area contributed by atoms with Crippen molar-refractivity contribution in [3.63, 3.8) is 0 Å².